The Morgan fingerprint density at radius 2 is 2.00 bits per heavy atom. The highest BCUT2D eigenvalue weighted by Gasteiger charge is 2.01. The van der Waals surface area contributed by atoms with Crippen LogP contribution in [-0.4, -0.2) is 9.76 Å². The molecule has 2 nitrogen and oxygen atoms in total. The van der Waals surface area contributed by atoms with Gasteiger partial charge >= 0.3 is 0 Å². The van der Waals surface area contributed by atoms with Crippen molar-refractivity contribution in [2.45, 2.75) is 11.8 Å². The predicted octanol–water partition coefficient (Wildman–Crippen LogP) is 1.99. The zero-order valence-electron chi connectivity index (χ0n) is 6.52. The van der Waals surface area contributed by atoms with Crippen LogP contribution in [-0.2, 0) is 15.3 Å². The van der Waals surface area contributed by atoms with Crippen molar-refractivity contribution < 1.29 is 8.39 Å². The van der Waals surface area contributed by atoms with E-state index < -0.39 is 11.1 Å². The van der Waals surface area contributed by atoms with Crippen molar-refractivity contribution in [1.82, 2.24) is 0 Å². The average molecular weight is 200 g/mol. The van der Waals surface area contributed by atoms with E-state index in [-0.39, 0.29) is 0 Å². The van der Waals surface area contributed by atoms with Gasteiger partial charge in [0.05, 0.1) is 4.90 Å². The SMILES string of the molecule is Cc1ccc(S(=O)OC=S)cc1. The van der Waals surface area contributed by atoms with Crippen molar-refractivity contribution >= 4 is 28.9 Å². The molecule has 1 unspecified atom stereocenters. The number of aryl methyl sites for hydroxylation is 1. The molecule has 0 aliphatic heterocycles. The first-order valence-corrected chi connectivity index (χ1v) is 4.88. The molecule has 64 valence electrons. The van der Waals surface area contributed by atoms with Crippen LogP contribution in [0.25, 0.3) is 0 Å². The molecule has 1 atom stereocenters. The molecule has 0 N–H and O–H groups in total. The second-order valence-corrected chi connectivity index (χ2v) is 3.57. The predicted molar refractivity (Wildman–Crippen MR) is 52.3 cm³/mol. The molecular weight excluding hydrogens is 192 g/mol. The van der Waals surface area contributed by atoms with E-state index in [9.17, 15) is 4.21 Å². The summed E-state index contributed by atoms with van der Waals surface area (Å²) in [5.41, 5.74) is 2.13. The second kappa shape index (κ2) is 4.33. The highest BCUT2D eigenvalue weighted by molar-refractivity contribution is 7.83. The van der Waals surface area contributed by atoms with Crippen LogP contribution in [0.3, 0.4) is 0 Å². The molecule has 1 aromatic rings. The number of hydrogen-bond donors (Lipinski definition) is 0. The van der Waals surface area contributed by atoms with E-state index in [1.165, 1.54) is 0 Å². The summed E-state index contributed by atoms with van der Waals surface area (Å²) in [6.07, 6.45) is 0. The Bertz CT molecular complexity index is 292. The summed E-state index contributed by atoms with van der Waals surface area (Å²) < 4.78 is 15.8. The third kappa shape index (κ3) is 2.39. The van der Waals surface area contributed by atoms with E-state index in [0.29, 0.717) is 4.90 Å². The fourth-order valence-corrected chi connectivity index (χ4v) is 1.50. The zero-order chi connectivity index (χ0) is 8.97. The number of rotatable bonds is 3. The smallest absolute Gasteiger partial charge is 0.240 e. The standard InChI is InChI=1S/C8H8O2S2/c1-7-2-4-8(5-3-7)12(9)10-6-11/h2-6H,1H3. The van der Waals surface area contributed by atoms with Crippen LogP contribution in [0.2, 0.25) is 0 Å². The highest BCUT2D eigenvalue weighted by atomic mass is 32.2. The summed E-state index contributed by atoms with van der Waals surface area (Å²) in [4.78, 5) is 0.627. The molecule has 4 heteroatoms. The molecule has 0 heterocycles. The van der Waals surface area contributed by atoms with Crippen molar-refractivity contribution in [3.63, 3.8) is 0 Å². The molecule has 0 aliphatic rings. The molecule has 1 rings (SSSR count). The Kier molecular flexibility index (Phi) is 3.37. The molecule has 0 spiro atoms. The van der Waals surface area contributed by atoms with Crippen LogP contribution < -0.4 is 0 Å². The molecule has 12 heavy (non-hydrogen) atoms. The van der Waals surface area contributed by atoms with Gasteiger partial charge in [-0.25, -0.2) is 4.21 Å². The maximum atomic E-state index is 11.1. The van der Waals surface area contributed by atoms with Gasteiger partial charge in [0.25, 0.3) is 0 Å². The van der Waals surface area contributed by atoms with Gasteiger partial charge in [-0.2, -0.15) is 0 Å². The van der Waals surface area contributed by atoms with Gasteiger partial charge in [0.2, 0.25) is 11.1 Å². The van der Waals surface area contributed by atoms with Crippen molar-refractivity contribution in [3.8, 4) is 0 Å². The van der Waals surface area contributed by atoms with E-state index in [2.05, 4.69) is 16.4 Å². The van der Waals surface area contributed by atoms with Gasteiger partial charge in [0.15, 0.2) is 5.55 Å². The fourth-order valence-electron chi connectivity index (χ4n) is 0.741. The van der Waals surface area contributed by atoms with Gasteiger partial charge < -0.3 is 4.18 Å². The molecule has 0 aromatic heterocycles. The second-order valence-electron chi connectivity index (χ2n) is 2.24. The third-order valence-corrected chi connectivity index (χ3v) is 2.49. The molecule has 0 aliphatic carbocycles. The third-order valence-electron chi connectivity index (χ3n) is 1.34. The molecule has 0 bridgehead atoms. The number of thiocarbonyl (C=S) groups is 1. The summed E-state index contributed by atoms with van der Waals surface area (Å²) in [6.45, 7) is 1.97. The Hall–Kier alpha value is -0.740. The molecule has 0 saturated carbocycles. The minimum Gasteiger partial charge on any atom is -0.393 e. The quantitative estimate of drug-likeness (QED) is 0.698. The lowest BCUT2D eigenvalue weighted by Crippen LogP contribution is -1.94. The van der Waals surface area contributed by atoms with Gasteiger partial charge in [0, 0.05) is 0 Å². The average Bonchev–Trinajstić information content (AvgIpc) is 2.06. The van der Waals surface area contributed by atoms with E-state index in [4.69, 9.17) is 0 Å². The minimum absolute atomic E-state index is 0.627. The summed E-state index contributed by atoms with van der Waals surface area (Å²) >= 11 is 2.96. The summed E-state index contributed by atoms with van der Waals surface area (Å²) in [6, 6.07) is 7.26. The number of hydrogen-bond acceptors (Lipinski definition) is 3. The van der Waals surface area contributed by atoms with Crippen LogP contribution >= 0.6 is 12.2 Å². The number of benzene rings is 1. The lowest BCUT2D eigenvalue weighted by molar-refractivity contribution is 0.580. The van der Waals surface area contributed by atoms with E-state index in [1.807, 2.05) is 19.1 Å². The van der Waals surface area contributed by atoms with E-state index in [1.54, 1.807) is 12.1 Å². The lowest BCUT2D eigenvalue weighted by atomic mass is 10.2. The van der Waals surface area contributed by atoms with Crippen LogP contribution in [0.1, 0.15) is 5.56 Å². The van der Waals surface area contributed by atoms with Crippen molar-refractivity contribution in [2.24, 2.45) is 0 Å². The Balaban J connectivity index is 2.82. The van der Waals surface area contributed by atoms with Crippen LogP contribution in [0, 0.1) is 6.92 Å². The topological polar surface area (TPSA) is 26.3 Å². The maximum absolute atomic E-state index is 11.1. The largest absolute Gasteiger partial charge is 0.393 e. The van der Waals surface area contributed by atoms with Crippen molar-refractivity contribution in [2.75, 3.05) is 0 Å². The van der Waals surface area contributed by atoms with Gasteiger partial charge in [-0.1, -0.05) is 17.7 Å². The molecule has 0 fully saturated rings. The maximum Gasteiger partial charge on any atom is 0.240 e. The van der Waals surface area contributed by atoms with E-state index in [0.717, 1.165) is 11.1 Å². The van der Waals surface area contributed by atoms with Crippen LogP contribution in [0.5, 0.6) is 0 Å². The fraction of sp³-hybridized carbons (Fsp3) is 0.125. The monoisotopic (exact) mass is 200 g/mol. The zero-order valence-corrected chi connectivity index (χ0v) is 8.15. The summed E-state index contributed by atoms with van der Waals surface area (Å²) in [7, 11) is 0. The first-order valence-electron chi connectivity index (χ1n) is 3.33. The molecular formula is C8H8O2S2. The van der Waals surface area contributed by atoms with Gasteiger partial charge in [-0.15, -0.1) is 0 Å². The molecule has 0 amide bonds. The Labute approximate surface area is 79.2 Å². The van der Waals surface area contributed by atoms with Gasteiger partial charge in [0.1, 0.15) is 0 Å². The van der Waals surface area contributed by atoms with Crippen molar-refractivity contribution in [3.05, 3.63) is 29.8 Å². The lowest BCUT2D eigenvalue weighted by Gasteiger charge is -1.98. The first-order chi connectivity index (χ1) is 5.74. The first kappa shape index (κ1) is 9.35. The normalized spacial score (nSPS) is 12.1. The highest BCUT2D eigenvalue weighted by Crippen LogP contribution is 2.08. The summed E-state index contributed by atoms with van der Waals surface area (Å²) in [5, 5.41) is 0. The van der Waals surface area contributed by atoms with Crippen molar-refractivity contribution in [1.29, 1.82) is 0 Å². The molecule has 0 radical (unpaired) electrons. The minimum atomic E-state index is -1.45. The molecule has 1 aromatic carbocycles. The summed E-state index contributed by atoms with van der Waals surface area (Å²) in [5.74, 6) is 0. The Morgan fingerprint density at radius 3 is 2.50 bits per heavy atom. The Morgan fingerprint density at radius 1 is 1.42 bits per heavy atom. The van der Waals surface area contributed by atoms with Gasteiger partial charge in [-0.3, -0.25) is 0 Å². The van der Waals surface area contributed by atoms with Gasteiger partial charge in [-0.05, 0) is 31.3 Å². The van der Waals surface area contributed by atoms with E-state index >= 15 is 0 Å². The van der Waals surface area contributed by atoms with Crippen LogP contribution in [0.4, 0.5) is 0 Å². The van der Waals surface area contributed by atoms with Crippen LogP contribution in [0.15, 0.2) is 29.2 Å². The molecule has 0 saturated heterocycles.